The summed E-state index contributed by atoms with van der Waals surface area (Å²) >= 11 is 7.33. The van der Waals surface area contributed by atoms with Gasteiger partial charge < -0.3 is 0 Å². The van der Waals surface area contributed by atoms with E-state index < -0.39 is 0 Å². The van der Waals surface area contributed by atoms with Crippen molar-refractivity contribution in [2.45, 2.75) is 15.7 Å². The van der Waals surface area contributed by atoms with Crippen LogP contribution in [0.4, 0.5) is 0 Å². The zero-order valence-corrected chi connectivity index (χ0v) is 10.6. The number of nitriles is 1. The Morgan fingerprint density at radius 1 is 1.06 bits per heavy atom. The Bertz CT molecular complexity index is 543. The maximum atomic E-state index is 9.00. The molecule has 0 spiro atoms. The summed E-state index contributed by atoms with van der Waals surface area (Å²) in [6.07, 6.45) is 0. The van der Waals surface area contributed by atoms with Crippen LogP contribution in [-0.4, -0.2) is 0 Å². The first-order valence-electron chi connectivity index (χ1n) is 5.15. The number of benzene rings is 2. The zero-order chi connectivity index (χ0) is 12.1. The normalized spacial score (nSPS) is 9.88. The minimum Gasteiger partial charge on any atom is -0.192 e. The van der Waals surface area contributed by atoms with Gasteiger partial charge in [-0.2, -0.15) is 5.26 Å². The average Bonchev–Trinajstić information content (AvgIpc) is 2.40. The number of nitrogens with zero attached hydrogens (tertiary/aromatic N) is 1. The molecule has 0 aliphatic rings. The van der Waals surface area contributed by atoms with E-state index in [9.17, 15) is 0 Å². The fraction of sp³-hybridized carbons (Fsp3) is 0.0714. The molecule has 0 fully saturated rings. The Hall–Kier alpha value is -1.43. The Kier molecular flexibility index (Phi) is 4.08. The molecule has 0 atom stereocenters. The van der Waals surface area contributed by atoms with Crippen LogP contribution in [0.3, 0.4) is 0 Å². The van der Waals surface area contributed by atoms with Crippen LogP contribution >= 0.6 is 23.4 Å². The van der Waals surface area contributed by atoms with Crippen molar-refractivity contribution in [1.29, 1.82) is 5.26 Å². The molecule has 0 aliphatic heterocycles. The second-order valence-electron chi connectivity index (χ2n) is 3.49. The lowest BCUT2D eigenvalue weighted by molar-refractivity contribution is 1.32. The first-order chi connectivity index (χ1) is 8.33. The van der Waals surface area contributed by atoms with E-state index in [4.69, 9.17) is 16.9 Å². The van der Waals surface area contributed by atoms with Crippen LogP contribution in [0.15, 0.2) is 58.3 Å². The fourth-order valence-electron chi connectivity index (χ4n) is 1.42. The summed E-state index contributed by atoms with van der Waals surface area (Å²) in [5.41, 5.74) is 1.81. The van der Waals surface area contributed by atoms with Gasteiger partial charge in [0.1, 0.15) is 6.07 Å². The molecule has 0 unspecified atom stereocenters. The monoisotopic (exact) mass is 259 g/mol. The summed E-state index contributed by atoms with van der Waals surface area (Å²) in [5.74, 6) is 0.528. The molecule has 0 bridgehead atoms. The van der Waals surface area contributed by atoms with E-state index in [1.807, 2.05) is 48.5 Å². The average molecular weight is 260 g/mol. The van der Waals surface area contributed by atoms with Crippen molar-refractivity contribution in [3.05, 3.63) is 59.7 Å². The number of halogens is 1. The van der Waals surface area contributed by atoms with E-state index in [-0.39, 0.29) is 0 Å². The van der Waals surface area contributed by atoms with Gasteiger partial charge in [-0.15, -0.1) is 11.6 Å². The molecule has 0 saturated heterocycles. The first-order valence-corrected chi connectivity index (χ1v) is 6.50. The topological polar surface area (TPSA) is 23.8 Å². The van der Waals surface area contributed by atoms with E-state index in [1.165, 1.54) is 0 Å². The van der Waals surface area contributed by atoms with Crippen molar-refractivity contribution in [1.82, 2.24) is 0 Å². The summed E-state index contributed by atoms with van der Waals surface area (Å²) < 4.78 is 0. The summed E-state index contributed by atoms with van der Waals surface area (Å²) in [7, 11) is 0. The van der Waals surface area contributed by atoms with Crippen molar-refractivity contribution < 1.29 is 0 Å². The Balaban J connectivity index is 2.23. The molecule has 0 N–H and O–H groups in total. The van der Waals surface area contributed by atoms with Gasteiger partial charge >= 0.3 is 0 Å². The molecule has 0 aliphatic carbocycles. The molecule has 1 nitrogen and oxygen atoms in total. The van der Waals surface area contributed by atoms with Gasteiger partial charge in [0, 0.05) is 15.7 Å². The first kappa shape index (κ1) is 12.0. The van der Waals surface area contributed by atoms with Crippen molar-refractivity contribution in [2.24, 2.45) is 0 Å². The van der Waals surface area contributed by atoms with Crippen LogP contribution in [0, 0.1) is 11.3 Å². The molecule has 2 rings (SSSR count). The lowest BCUT2D eigenvalue weighted by atomic mass is 10.2. The minimum absolute atomic E-state index is 0.528. The van der Waals surface area contributed by atoms with Gasteiger partial charge in [-0.25, -0.2) is 0 Å². The molecule has 0 amide bonds. The molecule has 0 radical (unpaired) electrons. The number of hydrogen-bond donors (Lipinski definition) is 0. The molecule has 17 heavy (non-hydrogen) atoms. The highest BCUT2D eigenvalue weighted by Crippen LogP contribution is 2.30. The largest absolute Gasteiger partial charge is 0.192 e. The maximum absolute atomic E-state index is 9.00. The van der Waals surface area contributed by atoms with Gasteiger partial charge in [-0.05, 0) is 29.8 Å². The lowest BCUT2D eigenvalue weighted by Gasteiger charge is -2.04. The molecular formula is C14H10ClNS. The second kappa shape index (κ2) is 5.77. The summed E-state index contributed by atoms with van der Waals surface area (Å²) in [6, 6.07) is 17.9. The number of alkyl halides is 1. The fourth-order valence-corrected chi connectivity index (χ4v) is 2.50. The molecule has 84 valence electrons. The summed E-state index contributed by atoms with van der Waals surface area (Å²) in [5, 5.41) is 9.00. The van der Waals surface area contributed by atoms with Crippen molar-refractivity contribution in [2.75, 3.05) is 0 Å². The van der Waals surface area contributed by atoms with Gasteiger partial charge in [-0.1, -0.05) is 36.0 Å². The molecule has 2 aromatic carbocycles. The van der Waals surface area contributed by atoms with E-state index in [2.05, 4.69) is 6.07 Å². The van der Waals surface area contributed by atoms with Crippen LogP contribution in [0.25, 0.3) is 0 Å². The van der Waals surface area contributed by atoms with Crippen molar-refractivity contribution >= 4 is 23.4 Å². The standard InChI is InChI=1S/C14H10ClNS/c15-9-11-5-7-13(8-6-11)17-14-4-2-1-3-12(14)10-16/h1-8H,9H2. The van der Waals surface area contributed by atoms with Gasteiger partial charge in [0.2, 0.25) is 0 Å². The van der Waals surface area contributed by atoms with Crippen LogP contribution in [0.2, 0.25) is 0 Å². The zero-order valence-electron chi connectivity index (χ0n) is 9.06. The van der Waals surface area contributed by atoms with Gasteiger partial charge in [-0.3, -0.25) is 0 Å². The summed E-state index contributed by atoms with van der Waals surface area (Å²) in [6.45, 7) is 0. The molecule has 2 aromatic rings. The Morgan fingerprint density at radius 3 is 2.41 bits per heavy atom. The smallest absolute Gasteiger partial charge is 0.100 e. The number of hydrogen-bond acceptors (Lipinski definition) is 2. The highest BCUT2D eigenvalue weighted by atomic mass is 35.5. The SMILES string of the molecule is N#Cc1ccccc1Sc1ccc(CCl)cc1. The molecular weight excluding hydrogens is 250 g/mol. The Morgan fingerprint density at radius 2 is 1.76 bits per heavy atom. The molecule has 0 aromatic heterocycles. The molecule has 3 heteroatoms. The summed E-state index contributed by atoms with van der Waals surface area (Å²) in [4.78, 5) is 2.09. The third-order valence-corrected chi connectivity index (χ3v) is 3.71. The predicted octanol–water partition coefficient (Wildman–Crippen LogP) is 4.45. The van der Waals surface area contributed by atoms with Crippen LogP contribution < -0.4 is 0 Å². The Labute approximate surface area is 110 Å². The van der Waals surface area contributed by atoms with Gasteiger partial charge in [0.05, 0.1) is 5.56 Å². The molecule has 0 heterocycles. The number of rotatable bonds is 3. The van der Waals surface area contributed by atoms with E-state index >= 15 is 0 Å². The highest BCUT2D eigenvalue weighted by Gasteiger charge is 2.02. The van der Waals surface area contributed by atoms with E-state index in [1.54, 1.807) is 11.8 Å². The maximum Gasteiger partial charge on any atom is 0.100 e. The van der Waals surface area contributed by atoms with Crippen LogP contribution in [-0.2, 0) is 5.88 Å². The van der Waals surface area contributed by atoms with E-state index in [0.717, 1.165) is 15.4 Å². The van der Waals surface area contributed by atoms with Gasteiger partial charge in [0.25, 0.3) is 0 Å². The second-order valence-corrected chi connectivity index (χ2v) is 4.87. The van der Waals surface area contributed by atoms with E-state index in [0.29, 0.717) is 11.4 Å². The predicted molar refractivity (Wildman–Crippen MR) is 71.3 cm³/mol. The van der Waals surface area contributed by atoms with Crippen molar-refractivity contribution in [3.8, 4) is 6.07 Å². The third kappa shape index (κ3) is 3.03. The molecule has 0 saturated carbocycles. The van der Waals surface area contributed by atoms with Gasteiger partial charge in [0.15, 0.2) is 0 Å². The quantitative estimate of drug-likeness (QED) is 0.761. The lowest BCUT2D eigenvalue weighted by Crippen LogP contribution is -1.81. The van der Waals surface area contributed by atoms with Crippen LogP contribution in [0.1, 0.15) is 11.1 Å². The third-order valence-electron chi connectivity index (χ3n) is 2.31. The minimum atomic E-state index is 0.528. The highest BCUT2D eigenvalue weighted by molar-refractivity contribution is 7.99. The van der Waals surface area contributed by atoms with Crippen molar-refractivity contribution in [3.63, 3.8) is 0 Å². The van der Waals surface area contributed by atoms with Crippen LogP contribution in [0.5, 0.6) is 0 Å².